The molecule has 0 spiro atoms. The van der Waals surface area contributed by atoms with E-state index in [-0.39, 0.29) is 22.3 Å². The highest BCUT2D eigenvalue weighted by atomic mass is 32.2. The lowest BCUT2D eigenvalue weighted by Gasteiger charge is -2.29. The van der Waals surface area contributed by atoms with Crippen molar-refractivity contribution in [3.63, 3.8) is 0 Å². The zero-order valence-electron chi connectivity index (χ0n) is 19.0. The molecular formula is C26H31NO3S. The minimum atomic E-state index is -0.382. The number of carbonyl (C=O) groups excluding carboxylic acids is 2. The van der Waals surface area contributed by atoms with Crippen LogP contribution in [0.3, 0.4) is 0 Å². The highest BCUT2D eigenvalue weighted by molar-refractivity contribution is 8.18. The van der Waals surface area contributed by atoms with E-state index in [2.05, 4.69) is 52.1 Å². The van der Waals surface area contributed by atoms with Crippen LogP contribution in [-0.2, 0) is 16.6 Å². The van der Waals surface area contributed by atoms with Gasteiger partial charge in [-0.05, 0) is 83.0 Å². The second-order valence-corrected chi connectivity index (χ2v) is 9.81. The number of thioether (sulfide) groups is 1. The summed E-state index contributed by atoms with van der Waals surface area (Å²) in [4.78, 5) is 23.7. The summed E-state index contributed by atoms with van der Waals surface area (Å²) in [5, 5.41) is 12.5. The van der Waals surface area contributed by atoms with E-state index in [0.29, 0.717) is 4.91 Å². The largest absolute Gasteiger partial charge is 0.507 e. The van der Waals surface area contributed by atoms with Gasteiger partial charge in [0.1, 0.15) is 5.75 Å². The quantitative estimate of drug-likeness (QED) is 0.472. The van der Waals surface area contributed by atoms with E-state index in [1.54, 1.807) is 18.2 Å². The molecule has 0 bridgehead atoms. The minimum Gasteiger partial charge on any atom is -0.507 e. The maximum atomic E-state index is 11.9. The van der Waals surface area contributed by atoms with E-state index >= 15 is 0 Å². The SMILES string of the molecule is CCCCC(C)(C)c1cc(C)c(-c2cc(/C=C3\SC(=O)NC3=O)ccc2O)cc1CC. The molecule has 2 aromatic rings. The average Bonchev–Trinajstić information content (AvgIpc) is 3.04. The Morgan fingerprint density at radius 2 is 1.84 bits per heavy atom. The van der Waals surface area contributed by atoms with Crippen molar-refractivity contribution in [1.29, 1.82) is 0 Å². The molecule has 164 valence electrons. The lowest BCUT2D eigenvalue weighted by Crippen LogP contribution is -2.19. The molecule has 0 atom stereocenters. The normalized spacial score (nSPS) is 15.6. The molecule has 1 heterocycles. The predicted molar refractivity (Wildman–Crippen MR) is 129 cm³/mol. The monoisotopic (exact) mass is 437 g/mol. The van der Waals surface area contributed by atoms with E-state index < -0.39 is 0 Å². The Morgan fingerprint density at radius 3 is 2.45 bits per heavy atom. The number of rotatable bonds is 7. The Kier molecular flexibility index (Phi) is 6.95. The number of aromatic hydroxyl groups is 1. The lowest BCUT2D eigenvalue weighted by molar-refractivity contribution is -0.115. The van der Waals surface area contributed by atoms with Crippen LogP contribution in [0.15, 0.2) is 35.2 Å². The first kappa shape index (κ1) is 23.1. The fourth-order valence-corrected chi connectivity index (χ4v) is 4.83. The van der Waals surface area contributed by atoms with Crippen LogP contribution in [0.5, 0.6) is 5.75 Å². The van der Waals surface area contributed by atoms with Crippen molar-refractivity contribution in [2.24, 2.45) is 0 Å². The van der Waals surface area contributed by atoms with Gasteiger partial charge in [-0.25, -0.2) is 0 Å². The third-order valence-electron chi connectivity index (χ3n) is 5.97. The Morgan fingerprint density at radius 1 is 1.10 bits per heavy atom. The topological polar surface area (TPSA) is 66.4 Å². The molecule has 1 fully saturated rings. The maximum Gasteiger partial charge on any atom is 0.290 e. The predicted octanol–water partition coefficient (Wildman–Crippen LogP) is 6.72. The van der Waals surface area contributed by atoms with E-state index in [0.717, 1.165) is 46.9 Å². The average molecular weight is 438 g/mol. The molecule has 2 amide bonds. The van der Waals surface area contributed by atoms with Gasteiger partial charge in [-0.1, -0.05) is 58.7 Å². The number of carbonyl (C=O) groups is 2. The summed E-state index contributed by atoms with van der Waals surface area (Å²) < 4.78 is 0. The molecule has 5 heteroatoms. The number of nitrogens with one attached hydrogen (secondary N) is 1. The number of aryl methyl sites for hydroxylation is 2. The molecule has 2 N–H and O–H groups in total. The van der Waals surface area contributed by atoms with Crippen molar-refractivity contribution in [3.8, 4) is 16.9 Å². The van der Waals surface area contributed by atoms with Gasteiger partial charge >= 0.3 is 0 Å². The molecule has 0 aliphatic carbocycles. The summed E-state index contributed by atoms with van der Waals surface area (Å²) >= 11 is 0.894. The third kappa shape index (κ3) is 5.04. The van der Waals surface area contributed by atoms with Crippen LogP contribution < -0.4 is 5.32 Å². The van der Waals surface area contributed by atoms with Gasteiger partial charge in [0.2, 0.25) is 0 Å². The molecule has 1 aliphatic heterocycles. The van der Waals surface area contributed by atoms with Crippen molar-refractivity contribution < 1.29 is 14.7 Å². The summed E-state index contributed by atoms with van der Waals surface area (Å²) in [6.07, 6.45) is 6.12. The zero-order valence-corrected chi connectivity index (χ0v) is 19.8. The van der Waals surface area contributed by atoms with Crippen LogP contribution in [0.1, 0.15) is 69.2 Å². The van der Waals surface area contributed by atoms with Gasteiger partial charge in [0, 0.05) is 5.56 Å². The van der Waals surface area contributed by atoms with Crippen LogP contribution in [0.2, 0.25) is 0 Å². The van der Waals surface area contributed by atoms with Crippen LogP contribution >= 0.6 is 11.8 Å². The minimum absolute atomic E-state index is 0.0958. The van der Waals surface area contributed by atoms with Gasteiger partial charge in [-0.3, -0.25) is 14.9 Å². The summed E-state index contributed by atoms with van der Waals surface area (Å²) in [6, 6.07) is 9.74. The fraction of sp³-hybridized carbons (Fsp3) is 0.385. The Balaban J connectivity index is 2.06. The smallest absolute Gasteiger partial charge is 0.290 e. The number of phenols is 1. The van der Waals surface area contributed by atoms with Gasteiger partial charge in [0.25, 0.3) is 11.1 Å². The van der Waals surface area contributed by atoms with Crippen LogP contribution in [0, 0.1) is 6.92 Å². The van der Waals surface area contributed by atoms with E-state index in [1.165, 1.54) is 24.0 Å². The van der Waals surface area contributed by atoms with Gasteiger partial charge in [-0.15, -0.1) is 0 Å². The standard InChI is InChI=1S/C26H31NO3S/c1-6-8-11-26(4,5)21-12-16(3)19(15-18(21)7-2)20-13-17(9-10-22(20)28)14-23-24(29)27-25(30)31-23/h9-10,12-15,28H,6-8,11H2,1-5H3,(H,27,29,30)/b23-14-. The molecule has 2 aromatic carbocycles. The van der Waals surface area contributed by atoms with Crippen molar-refractivity contribution in [1.82, 2.24) is 5.32 Å². The molecule has 0 radical (unpaired) electrons. The van der Waals surface area contributed by atoms with Gasteiger partial charge in [0.15, 0.2) is 0 Å². The van der Waals surface area contributed by atoms with Gasteiger partial charge in [-0.2, -0.15) is 0 Å². The van der Waals surface area contributed by atoms with E-state index in [9.17, 15) is 14.7 Å². The molecule has 3 rings (SSSR count). The van der Waals surface area contributed by atoms with E-state index in [1.807, 2.05) is 6.07 Å². The third-order valence-corrected chi connectivity index (χ3v) is 6.78. The van der Waals surface area contributed by atoms with Crippen molar-refractivity contribution in [3.05, 3.63) is 57.5 Å². The summed E-state index contributed by atoms with van der Waals surface area (Å²) in [5.41, 5.74) is 6.36. The molecule has 0 aromatic heterocycles. The summed E-state index contributed by atoms with van der Waals surface area (Å²) in [7, 11) is 0. The Bertz CT molecular complexity index is 1050. The first-order valence-electron chi connectivity index (χ1n) is 10.9. The number of hydrogen-bond donors (Lipinski definition) is 2. The molecular weight excluding hydrogens is 406 g/mol. The number of imide groups is 1. The van der Waals surface area contributed by atoms with Crippen molar-refractivity contribution >= 4 is 29.0 Å². The Labute approximate surface area is 189 Å². The number of phenolic OH excluding ortho intramolecular Hbond substituents is 1. The van der Waals surface area contributed by atoms with Gasteiger partial charge in [0.05, 0.1) is 4.91 Å². The molecule has 31 heavy (non-hydrogen) atoms. The molecule has 0 unspecified atom stereocenters. The van der Waals surface area contributed by atoms with Gasteiger partial charge < -0.3 is 5.11 Å². The maximum absolute atomic E-state index is 11.9. The summed E-state index contributed by atoms with van der Waals surface area (Å²) in [6.45, 7) is 11.1. The van der Waals surface area contributed by atoms with Crippen LogP contribution in [-0.4, -0.2) is 16.3 Å². The van der Waals surface area contributed by atoms with Crippen molar-refractivity contribution in [2.45, 2.75) is 65.7 Å². The molecule has 1 aliphatic rings. The molecule has 0 saturated carbocycles. The zero-order chi connectivity index (χ0) is 22.8. The second kappa shape index (κ2) is 9.31. The highest BCUT2D eigenvalue weighted by Crippen LogP contribution is 2.39. The summed E-state index contributed by atoms with van der Waals surface area (Å²) in [5.74, 6) is -0.183. The highest BCUT2D eigenvalue weighted by Gasteiger charge is 2.26. The fourth-order valence-electron chi connectivity index (χ4n) is 4.15. The first-order chi connectivity index (χ1) is 14.7. The number of amides is 2. The van der Waals surface area contributed by atoms with E-state index in [4.69, 9.17) is 0 Å². The number of hydrogen-bond acceptors (Lipinski definition) is 4. The van der Waals surface area contributed by atoms with Crippen LogP contribution in [0.4, 0.5) is 4.79 Å². The molecule has 4 nitrogen and oxygen atoms in total. The Hall–Kier alpha value is -2.53. The van der Waals surface area contributed by atoms with Crippen LogP contribution in [0.25, 0.3) is 17.2 Å². The number of benzene rings is 2. The van der Waals surface area contributed by atoms with Crippen molar-refractivity contribution in [2.75, 3.05) is 0 Å². The lowest BCUT2D eigenvalue weighted by atomic mass is 9.75. The second-order valence-electron chi connectivity index (χ2n) is 8.79. The number of unbranched alkanes of at least 4 members (excludes halogenated alkanes) is 1. The first-order valence-corrected chi connectivity index (χ1v) is 11.7. The molecule has 1 saturated heterocycles.